The molecule has 0 saturated heterocycles. The van der Waals surface area contributed by atoms with Crippen LogP contribution in [0, 0.1) is 0 Å². The van der Waals surface area contributed by atoms with Gasteiger partial charge in [0.1, 0.15) is 0 Å². The predicted molar refractivity (Wildman–Crippen MR) is 75.2 cm³/mol. The van der Waals surface area contributed by atoms with Crippen LogP contribution in [-0.4, -0.2) is 0 Å². The van der Waals surface area contributed by atoms with Gasteiger partial charge in [-0.2, -0.15) is 0 Å². The lowest BCUT2D eigenvalue weighted by Crippen LogP contribution is -2.09. The highest BCUT2D eigenvalue weighted by Gasteiger charge is 2.19. The van der Waals surface area contributed by atoms with Crippen LogP contribution >= 0.6 is 0 Å². The molecule has 0 amide bonds. The number of hydrogen-bond acceptors (Lipinski definition) is 0. The molecular weight excluding hydrogens is 204 g/mol. The van der Waals surface area contributed by atoms with Gasteiger partial charge in [-0.15, -0.1) is 0 Å². The smallest absolute Gasteiger partial charge is 0.0190 e. The number of rotatable bonds is 1. The molecule has 1 aromatic rings. The molecule has 0 unspecified atom stereocenters. The van der Waals surface area contributed by atoms with Crippen molar-refractivity contribution in [1.29, 1.82) is 0 Å². The lowest BCUT2D eigenvalue weighted by Gasteiger charge is -2.25. The van der Waals surface area contributed by atoms with Crippen LogP contribution < -0.4 is 0 Å². The Hall–Kier alpha value is -1.30. The van der Waals surface area contributed by atoms with Crippen molar-refractivity contribution in [3.8, 4) is 0 Å². The summed E-state index contributed by atoms with van der Waals surface area (Å²) in [6.45, 7) is 4.61. The molecule has 0 heteroatoms. The van der Waals surface area contributed by atoms with Gasteiger partial charge in [0.25, 0.3) is 0 Å². The van der Waals surface area contributed by atoms with E-state index in [9.17, 15) is 0 Å². The first-order valence-electron chi connectivity index (χ1n) is 6.79. The summed E-state index contributed by atoms with van der Waals surface area (Å²) in [6.07, 6.45) is 14.2. The molecule has 0 bridgehead atoms. The Kier molecular flexibility index (Phi) is 2.66. The average Bonchev–Trinajstić information content (AvgIpc) is 2.37. The van der Waals surface area contributed by atoms with Crippen molar-refractivity contribution in [1.82, 2.24) is 0 Å². The van der Waals surface area contributed by atoms with Gasteiger partial charge in [0, 0.05) is 0 Å². The lowest BCUT2D eigenvalue weighted by molar-refractivity contribution is 0.837. The second-order valence-corrected chi connectivity index (χ2v) is 5.46. The summed E-state index contributed by atoms with van der Waals surface area (Å²) in [5.74, 6) is 0.618. The minimum Gasteiger partial charge on any atom is -0.0836 e. The van der Waals surface area contributed by atoms with Crippen molar-refractivity contribution in [3.63, 3.8) is 0 Å². The molecule has 2 aliphatic rings. The molecule has 0 radical (unpaired) electrons. The third-order valence-corrected chi connectivity index (χ3v) is 3.99. The lowest BCUT2D eigenvalue weighted by atomic mass is 9.80. The molecule has 17 heavy (non-hydrogen) atoms. The molecule has 88 valence electrons. The third-order valence-electron chi connectivity index (χ3n) is 3.99. The average molecular weight is 224 g/mol. The SMILES string of the molecule is CC(C)c1cc2c(c3c1C=CCC3)CCC=C2. The fourth-order valence-electron chi connectivity index (χ4n) is 3.11. The number of fused-ring (bicyclic) bond motifs is 3. The Labute approximate surface area is 104 Å². The maximum Gasteiger partial charge on any atom is -0.0190 e. The highest BCUT2D eigenvalue weighted by Crippen LogP contribution is 2.35. The fraction of sp³-hybridized carbons (Fsp3) is 0.412. The second-order valence-electron chi connectivity index (χ2n) is 5.46. The minimum atomic E-state index is 0.618. The van der Waals surface area contributed by atoms with Crippen LogP contribution in [0.5, 0.6) is 0 Å². The quantitative estimate of drug-likeness (QED) is 0.647. The van der Waals surface area contributed by atoms with Crippen LogP contribution in [0.2, 0.25) is 0 Å². The summed E-state index contributed by atoms with van der Waals surface area (Å²) in [4.78, 5) is 0. The summed E-state index contributed by atoms with van der Waals surface area (Å²) in [5.41, 5.74) is 7.80. The zero-order valence-electron chi connectivity index (χ0n) is 10.8. The maximum atomic E-state index is 2.42. The molecule has 0 atom stereocenters. The topological polar surface area (TPSA) is 0 Å². The Morgan fingerprint density at radius 1 is 0.941 bits per heavy atom. The Morgan fingerprint density at radius 2 is 1.65 bits per heavy atom. The summed E-state index contributed by atoms with van der Waals surface area (Å²) in [6, 6.07) is 2.42. The van der Waals surface area contributed by atoms with Crippen LogP contribution in [0.3, 0.4) is 0 Å². The van der Waals surface area contributed by atoms with E-state index in [4.69, 9.17) is 0 Å². The van der Waals surface area contributed by atoms with Crippen molar-refractivity contribution in [2.75, 3.05) is 0 Å². The molecule has 0 saturated carbocycles. The summed E-state index contributed by atoms with van der Waals surface area (Å²) in [7, 11) is 0. The molecule has 0 nitrogen and oxygen atoms in total. The maximum absolute atomic E-state index is 2.42. The highest BCUT2D eigenvalue weighted by molar-refractivity contribution is 5.70. The van der Waals surface area contributed by atoms with Crippen molar-refractivity contribution >= 4 is 12.2 Å². The van der Waals surface area contributed by atoms with Gasteiger partial charge in [-0.05, 0) is 59.4 Å². The van der Waals surface area contributed by atoms with Crippen molar-refractivity contribution in [2.24, 2.45) is 0 Å². The van der Waals surface area contributed by atoms with Crippen LogP contribution in [0.15, 0.2) is 18.2 Å². The molecule has 0 heterocycles. The Bertz CT molecular complexity index is 501. The summed E-state index contributed by atoms with van der Waals surface area (Å²) < 4.78 is 0. The molecule has 0 spiro atoms. The Morgan fingerprint density at radius 3 is 2.41 bits per heavy atom. The van der Waals surface area contributed by atoms with E-state index in [1.165, 1.54) is 42.4 Å². The minimum absolute atomic E-state index is 0.618. The van der Waals surface area contributed by atoms with E-state index in [0.29, 0.717) is 5.92 Å². The summed E-state index contributed by atoms with van der Waals surface area (Å²) >= 11 is 0. The normalized spacial score (nSPS) is 17.1. The molecule has 2 aliphatic carbocycles. The third kappa shape index (κ3) is 1.76. The molecule has 3 rings (SSSR count). The molecule has 0 aromatic heterocycles. The summed E-state index contributed by atoms with van der Waals surface area (Å²) in [5, 5.41) is 0. The van der Waals surface area contributed by atoms with Gasteiger partial charge < -0.3 is 0 Å². The zero-order valence-corrected chi connectivity index (χ0v) is 10.8. The van der Waals surface area contributed by atoms with Gasteiger partial charge in [-0.1, -0.05) is 44.2 Å². The monoisotopic (exact) mass is 224 g/mol. The van der Waals surface area contributed by atoms with E-state index in [1.807, 2.05) is 0 Å². The molecular formula is C17H20. The van der Waals surface area contributed by atoms with Gasteiger partial charge in [-0.3, -0.25) is 0 Å². The molecule has 1 aromatic carbocycles. The van der Waals surface area contributed by atoms with Gasteiger partial charge in [-0.25, -0.2) is 0 Å². The molecule has 0 fully saturated rings. The fourth-order valence-corrected chi connectivity index (χ4v) is 3.11. The van der Waals surface area contributed by atoms with Crippen LogP contribution in [0.4, 0.5) is 0 Å². The van der Waals surface area contributed by atoms with Crippen LogP contribution in [0.1, 0.15) is 60.4 Å². The van der Waals surface area contributed by atoms with E-state index in [-0.39, 0.29) is 0 Å². The number of hydrogen-bond donors (Lipinski definition) is 0. The van der Waals surface area contributed by atoms with E-state index in [0.717, 1.165) is 0 Å². The molecule has 0 N–H and O–H groups in total. The predicted octanol–water partition coefficient (Wildman–Crippen LogP) is 4.73. The van der Waals surface area contributed by atoms with Gasteiger partial charge in [0.05, 0.1) is 0 Å². The second kappa shape index (κ2) is 4.18. The zero-order chi connectivity index (χ0) is 11.8. The van der Waals surface area contributed by atoms with Crippen molar-refractivity contribution in [2.45, 2.75) is 45.4 Å². The number of benzene rings is 1. The van der Waals surface area contributed by atoms with Gasteiger partial charge in [0.2, 0.25) is 0 Å². The van der Waals surface area contributed by atoms with Gasteiger partial charge >= 0.3 is 0 Å². The van der Waals surface area contributed by atoms with Crippen LogP contribution in [-0.2, 0) is 12.8 Å². The molecule has 0 aliphatic heterocycles. The van der Waals surface area contributed by atoms with Gasteiger partial charge in [0.15, 0.2) is 0 Å². The first kappa shape index (κ1) is 10.8. The van der Waals surface area contributed by atoms with E-state index in [2.05, 4.69) is 44.2 Å². The van der Waals surface area contributed by atoms with E-state index in [1.54, 1.807) is 11.1 Å². The first-order chi connectivity index (χ1) is 8.27. The Balaban J connectivity index is 2.27. The van der Waals surface area contributed by atoms with Crippen molar-refractivity contribution in [3.05, 3.63) is 46.0 Å². The highest BCUT2D eigenvalue weighted by atomic mass is 14.2. The first-order valence-corrected chi connectivity index (χ1v) is 6.79. The standard InChI is InChI=1S/C17H20/c1-12(2)17-11-13-7-3-4-8-14(13)15-9-5-6-10-16(15)17/h3,6-7,10-12H,4-5,8-9H2,1-2H3. The number of allylic oxidation sites excluding steroid dienone is 2. The van der Waals surface area contributed by atoms with E-state index < -0.39 is 0 Å². The van der Waals surface area contributed by atoms with Crippen LogP contribution in [0.25, 0.3) is 12.2 Å². The van der Waals surface area contributed by atoms with Crippen molar-refractivity contribution < 1.29 is 0 Å². The largest absolute Gasteiger partial charge is 0.0836 e. The van der Waals surface area contributed by atoms with E-state index >= 15 is 0 Å².